The molecule has 0 radical (unpaired) electrons. The van der Waals surface area contributed by atoms with Gasteiger partial charge in [-0.1, -0.05) is 93.7 Å². The van der Waals surface area contributed by atoms with Gasteiger partial charge in [-0.05, 0) is 48.2 Å². The number of hydrogen-bond acceptors (Lipinski definition) is 12. The summed E-state index contributed by atoms with van der Waals surface area (Å²) in [4.78, 5) is 55.6. The number of benzene rings is 3. The molecule has 3 heterocycles. The molecular formula is C49H65ClN8O8. The van der Waals surface area contributed by atoms with Crippen LogP contribution in [0.3, 0.4) is 0 Å². The molecule has 5 aromatic rings. The van der Waals surface area contributed by atoms with Crippen LogP contribution in [0.25, 0.3) is 22.3 Å². The number of hydrogen-bond donors (Lipinski definition) is 4. The number of nitrogens with one attached hydrogen (secondary N) is 2. The number of piperidine rings is 1. The number of likely N-dealkylation sites (tertiary alicyclic amines) is 1. The number of terminal acetylenes is 1. The van der Waals surface area contributed by atoms with Crippen molar-refractivity contribution in [3.8, 4) is 23.6 Å². The topological polar surface area (TPSA) is 205 Å². The number of esters is 1. The number of aromatic nitrogens is 4. The zero-order valence-electron chi connectivity index (χ0n) is 39.0. The summed E-state index contributed by atoms with van der Waals surface area (Å²) in [6, 6.07) is 21.8. The number of aryl methyl sites for hydroxylation is 1. The number of ether oxygens (including phenoxy) is 3. The van der Waals surface area contributed by atoms with Gasteiger partial charge in [-0.2, -0.15) is 5.10 Å². The van der Waals surface area contributed by atoms with E-state index >= 15 is 0 Å². The Morgan fingerprint density at radius 2 is 1.61 bits per heavy atom. The third kappa shape index (κ3) is 16.5. The Morgan fingerprint density at radius 1 is 0.924 bits per heavy atom. The molecule has 3 aromatic carbocycles. The molecule has 1 saturated heterocycles. The molecule has 0 bridgehead atoms. The van der Waals surface area contributed by atoms with E-state index < -0.39 is 11.6 Å². The van der Waals surface area contributed by atoms with Crippen LogP contribution in [-0.2, 0) is 45.7 Å². The highest BCUT2D eigenvalue weighted by Gasteiger charge is 2.34. The van der Waals surface area contributed by atoms with Gasteiger partial charge in [0.15, 0.2) is 5.52 Å². The van der Waals surface area contributed by atoms with E-state index in [2.05, 4.69) is 31.5 Å². The highest BCUT2D eigenvalue weighted by molar-refractivity contribution is 6.31. The number of amides is 2. The number of fused-ring (bicyclic) bond motifs is 1. The maximum absolute atomic E-state index is 13.6. The molecule has 0 unspecified atom stereocenters. The van der Waals surface area contributed by atoms with Gasteiger partial charge in [0.1, 0.15) is 12.1 Å². The normalized spacial score (nSPS) is 12.8. The van der Waals surface area contributed by atoms with Gasteiger partial charge in [-0.15, -0.1) is 6.42 Å². The van der Waals surface area contributed by atoms with Gasteiger partial charge in [0.25, 0.3) is 11.5 Å². The second kappa shape index (κ2) is 28.9. The first-order chi connectivity index (χ1) is 31.9. The Bertz CT molecular complexity index is 2370. The van der Waals surface area contributed by atoms with Crippen molar-refractivity contribution in [3.05, 3.63) is 117 Å². The highest BCUT2D eigenvalue weighted by atomic mass is 35.5. The minimum Gasteiger partial charge on any atom is -0.465 e. The predicted octanol–water partition coefficient (Wildman–Crippen LogP) is 5.36. The Balaban J connectivity index is 0.000000617. The molecule has 5 N–H and O–H groups in total. The van der Waals surface area contributed by atoms with Crippen molar-refractivity contribution < 1.29 is 33.7 Å². The van der Waals surface area contributed by atoms with Crippen LogP contribution in [0.15, 0.2) is 83.9 Å². The van der Waals surface area contributed by atoms with Crippen molar-refractivity contribution in [2.45, 2.75) is 72.2 Å². The van der Waals surface area contributed by atoms with Crippen LogP contribution in [0.5, 0.6) is 0 Å². The highest BCUT2D eigenvalue weighted by Crippen LogP contribution is 2.29. The van der Waals surface area contributed by atoms with Gasteiger partial charge in [0.2, 0.25) is 5.91 Å². The second-order valence-electron chi connectivity index (χ2n) is 14.6. The maximum atomic E-state index is 13.6. The van der Waals surface area contributed by atoms with Crippen molar-refractivity contribution in [1.29, 1.82) is 0 Å². The summed E-state index contributed by atoms with van der Waals surface area (Å²) in [5.74, 6) is 1.74. The monoisotopic (exact) mass is 928 g/mol. The first-order valence-corrected chi connectivity index (χ1v) is 22.5. The molecule has 17 heteroatoms. The van der Waals surface area contributed by atoms with E-state index in [-0.39, 0.29) is 49.1 Å². The minimum absolute atomic E-state index is 0.0685. The molecular weight excluding hydrogens is 864 g/mol. The average molecular weight is 930 g/mol. The molecule has 2 aromatic heterocycles. The molecule has 1 aliphatic heterocycles. The lowest BCUT2D eigenvalue weighted by molar-refractivity contribution is -0.122. The van der Waals surface area contributed by atoms with Crippen LogP contribution in [0, 0.1) is 12.3 Å². The van der Waals surface area contributed by atoms with E-state index in [4.69, 9.17) is 38.0 Å². The van der Waals surface area contributed by atoms with Gasteiger partial charge in [0, 0.05) is 68.9 Å². The number of carbonyl (C=O) groups excluding carboxylic acids is 3. The average Bonchev–Trinajstić information content (AvgIpc) is 3.69. The van der Waals surface area contributed by atoms with E-state index in [0.717, 1.165) is 16.7 Å². The number of nitrogens with zero attached hydrogens (tertiary/aromatic N) is 5. The zero-order chi connectivity index (χ0) is 48.5. The van der Waals surface area contributed by atoms with Crippen LogP contribution in [0.2, 0.25) is 5.02 Å². The SMILES string of the molecule is C#CCOCCOCCC(=O)NCc1ccc(-c2c3ncn(CC4(O)CCN(Cc5ccc(C(=O)OC)cc5Cl)CC4)c(=O)c3nn2C)cc1.CC.CC.NCCNC(=O)c1ccccc1. The fourth-order valence-electron chi connectivity index (χ4n) is 6.76. The summed E-state index contributed by atoms with van der Waals surface area (Å²) in [7, 11) is 3.08. The zero-order valence-corrected chi connectivity index (χ0v) is 39.7. The largest absolute Gasteiger partial charge is 0.465 e. The van der Waals surface area contributed by atoms with E-state index in [9.17, 15) is 24.3 Å². The number of halogens is 1. The summed E-state index contributed by atoms with van der Waals surface area (Å²) in [6.07, 6.45) is 7.73. The number of methoxy groups -OCH3 is 1. The van der Waals surface area contributed by atoms with Gasteiger partial charge in [-0.25, -0.2) is 9.78 Å². The number of aliphatic hydroxyl groups is 1. The van der Waals surface area contributed by atoms with Crippen LogP contribution in [-0.4, -0.2) is 112 Å². The second-order valence-corrected chi connectivity index (χ2v) is 15.1. The molecule has 356 valence electrons. The molecule has 0 saturated carbocycles. The van der Waals surface area contributed by atoms with Crippen LogP contribution >= 0.6 is 11.6 Å². The first-order valence-electron chi connectivity index (χ1n) is 22.2. The summed E-state index contributed by atoms with van der Waals surface area (Å²) in [6.45, 7) is 12.5. The summed E-state index contributed by atoms with van der Waals surface area (Å²) < 4.78 is 18.3. The van der Waals surface area contributed by atoms with Crippen molar-refractivity contribution in [1.82, 2.24) is 34.9 Å². The predicted molar refractivity (Wildman–Crippen MR) is 258 cm³/mol. The molecule has 66 heavy (non-hydrogen) atoms. The molecule has 0 atom stereocenters. The van der Waals surface area contributed by atoms with Crippen LogP contribution < -0.4 is 21.9 Å². The smallest absolute Gasteiger partial charge is 0.337 e. The molecule has 0 aliphatic carbocycles. The lowest BCUT2D eigenvalue weighted by Crippen LogP contribution is -2.47. The molecule has 0 spiro atoms. The fraction of sp³-hybridized carbons (Fsp3) is 0.429. The van der Waals surface area contributed by atoms with Crippen LogP contribution in [0.4, 0.5) is 0 Å². The van der Waals surface area contributed by atoms with Gasteiger partial charge in [-0.3, -0.25) is 28.5 Å². The molecule has 2 amide bonds. The maximum Gasteiger partial charge on any atom is 0.337 e. The molecule has 1 aliphatic rings. The number of nitrogens with two attached hydrogens (primary N) is 1. The number of carbonyl (C=O) groups is 3. The third-order valence-corrected chi connectivity index (χ3v) is 10.5. The summed E-state index contributed by atoms with van der Waals surface area (Å²) in [5, 5.41) is 22.0. The number of rotatable bonds is 18. The van der Waals surface area contributed by atoms with Crippen molar-refractivity contribution in [2.75, 3.05) is 59.7 Å². The third-order valence-electron chi connectivity index (χ3n) is 10.1. The van der Waals surface area contributed by atoms with E-state index in [1.807, 2.05) is 76.2 Å². The lowest BCUT2D eigenvalue weighted by Gasteiger charge is -2.38. The Hall–Kier alpha value is -5.93. The van der Waals surface area contributed by atoms with Crippen molar-refractivity contribution >= 4 is 40.4 Å². The Kier molecular flexibility index (Phi) is 23.8. The molecule has 16 nitrogen and oxygen atoms in total. The fourth-order valence-corrected chi connectivity index (χ4v) is 7.00. The first kappa shape index (κ1) is 54.4. The minimum atomic E-state index is -1.10. The van der Waals surface area contributed by atoms with E-state index in [1.165, 1.54) is 18.0 Å². The van der Waals surface area contributed by atoms with Gasteiger partial charge >= 0.3 is 5.97 Å². The van der Waals surface area contributed by atoms with Crippen molar-refractivity contribution in [3.63, 3.8) is 0 Å². The van der Waals surface area contributed by atoms with E-state index in [1.54, 1.807) is 36.0 Å². The Morgan fingerprint density at radius 3 is 2.24 bits per heavy atom. The standard InChI is InChI=1S/C36H41ClN6O7.C9H12N2O.2C2H6/c1-4-16-49-18-19-50-17-11-30(44)38-21-25-5-7-26(8-6-25)33-31-32(40-41(33)2)34(45)43(24-39-31)23-36(47)12-14-42(15-13-36)22-28-10-9-27(20-29(28)37)35(46)48-3;10-6-7-11-9(12)8-4-2-1-3-5-8;2*1-2/h1,5-10,20,24,47H,11-19,21-23H2,2-3H3,(H,38,44);1-5H,6-7,10H2,(H,11,12);2*1-2H3. The summed E-state index contributed by atoms with van der Waals surface area (Å²) in [5.41, 5.74) is 8.86. The summed E-state index contributed by atoms with van der Waals surface area (Å²) >= 11 is 6.43. The van der Waals surface area contributed by atoms with Crippen LogP contribution in [0.1, 0.15) is 78.8 Å². The molecule has 1 fully saturated rings. The van der Waals surface area contributed by atoms with E-state index in [0.29, 0.717) is 92.7 Å². The lowest BCUT2D eigenvalue weighted by atomic mass is 9.91. The Labute approximate surface area is 392 Å². The van der Waals surface area contributed by atoms with Crippen molar-refractivity contribution in [2.24, 2.45) is 12.8 Å². The quantitative estimate of drug-likeness (QED) is 0.0498. The molecule has 6 rings (SSSR count). The van der Waals surface area contributed by atoms with Gasteiger partial charge in [0.05, 0.1) is 56.7 Å². The van der Waals surface area contributed by atoms with Gasteiger partial charge < -0.3 is 35.7 Å².